The average molecular weight is 432 g/mol. The Bertz CT molecular complexity index is 795. The van der Waals surface area contributed by atoms with Gasteiger partial charge in [0, 0.05) is 28.6 Å². The zero-order valence-electron chi connectivity index (χ0n) is 16.6. The Hall–Kier alpha value is -1.46. The van der Waals surface area contributed by atoms with Crippen LogP contribution in [-0.4, -0.2) is 41.3 Å². The zero-order valence-corrected chi connectivity index (χ0v) is 18.2. The first-order valence-corrected chi connectivity index (χ1v) is 10.9. The molecular formula is C22H30BrN3O. The Morgan fingerprint density at radius 1 is 1.22 bits per heavy atom. The molecule has 0 spiro atoms. The normalized spacial score (nSPS) is 20.2. The second-order valence-corrected chi connectivity index (χ2v) is 8.53. The Balaban J connectivity index is 1.76. The summed E-state index contributed by atoms with van der Waals surface area (Å²) in [6.07, 6.45) is 6.52. The van der Waals surface area contributed by atoms with E-state index < -0.39 is 0 Å². The molecule has 1 aliphatic carbocycles. The van der Waals surface area contributed by atoms with Gasteiger partial charge in [-0.25, -0.2) is 0 Å². The van der Waals surface area contributed by atoms with Crippen LogP contribution in [0.1, 0.15) is 56.8 Å². The minimum absolute atomic E-state index is 0.0575. The van der Waals surface area contributed by atoms with Crippen LogP contribution in [0.15, 0.2) is 28.9 Å². The molecular weight excluding hydrogens is 402 g/mol. The molecule has 1 fully saturated rings. The standard InChI is InChI=1S/C22H30BrN3O/c1-4-26(5-2)14-16-6-9-18(10-7-16)25-22-19-12-17(23)8-11-21(19)24-13-20(22)15(3)27/h8,11-13,16,18H,4-7,9-10,14H2,1-3H3,(H,24,25). The van der Waals surface area contributed by atoms with E-state index in [-0.39, 0.29) is 5.78 Å². The van der Waals surface area contributed by atoms with Crippen LogP contribution in [0.3, 0.4) is 0 Å². The number of anilines is 1. The van der Waals surface area contributed by atoms with Crippen molar-refractivity contribution in [2.24, 2.45) is 5.92 Å². The maximum atomic E-state index is 12.2. The smallest absolute Gasteiger partial charge is 0.163 e. The molecule has 1 aromatic carbocycles. The number of nitrogens with one attached hydrogen (secondary N) is 1. The van der Waals surface area contributed by atoms with Crippen molar-refractivity contribution in [3.63, 3.8) is 0 Å². The van der Waals surface area contributed by atoms with Gasteiger partial charge in [-0.1, -0.05) is 29.8 Å². The molecule has 0 unspecified atom stereocenters. The van der Waals surface area contributed by atoms with Gasteiger partial charge >= 0.3 is 0 Å². The first-order valence-electron chi connectivity index (χ1n) is 10.1. The predicted molar refractivity (Wildman–Crippen MR) is 117 cm³/mol. The zero-order chi connectivity index (χ0) is 19.4. The second kappa shape index (κ2) is 9.16. The van der Waals surface area contributed by atoms with Crippen LogP contribution in [0.5, 0.6) is 0 Å². The first kappa shape index (κ1) is 20.3. The van der Waals surface area contributed by atoms with Crippen molar-refractivity contribution >= 4 is 38.3 Å². The molecule has 5 heteroatoms. The Labute approximate surface area is 170 Å². The summed E-state index contributed by atoms with van der Waals surface area (Å²) in [7, 11) is 0. The number of hydrogen-bond donors (Lipinski definition) is 1. The SMILES string of the molecule is CCN(CC)CC1CCC(Nc2c(C(C)=O)cnc3ccc(Br)cc23)CC1. The molecule has 0 radical (unpaired) electrons. The maximum Gasteiger partial charge on any atom is 0.163 e. The van der Waals surface area contributed by atoms with Crippen molar-refractivity contribution in [1.82, 2.24) is 9.88 Å². The lowest BCUT2D eigenvalue weighted by Crippen LogP contribution is -2.34. The van der Waals surface area contributed by atoms with Crippen LogP contribution in [-0.2, 0) is 0 Å². The van der Waals surface area contributed by atoms with Crippen molar-refractivity contribution in [1.29, 1.82) is 0 Å². The molecule has 27 heavy (non-hydrogen) atoms. The molecule has 0 saturated heterocycles. The molecule has 146 valence electrons. The third-order valence-corrected chi connectivity index (χ3v) is 6.31. The van der Waals surface area contributed by atoms with E-state index >= 15 is 0 Å². The number of aromatic nitrogens is 1. The van der Waals surface area contributed by atoms with E-state index in [2.05, 4.69) is 51.0 Å². The Kier molecular flexibility index (Phi) is 6.88. The number of halogens is 1. The van der Waals surface area contributed by atoms with Gasteiger partial charge in [0.2, 0.25) is 0 Å². The summed E-state index contributed by atoms with van der Waals surface area (Å²) in [4.78, 5) is 19.2. The fraction of sp³-hybridized carbons (Fsp3) is 0.545. The van der Waals surface area contributed by atoms with Crippen molar-refractivity contribution in [3.05, 3.63) is 34.4 Å². The van der Waals surface area contributed by atoms with E-state index in [1.54, 1.807) is 13.1 Å². The van der Waals surface area contributed by atoms with Gasteiger partial charge in [-0.3, -0.25) is 9.78 Å². The number of hydrogen-bond acceptors (Lipinski definition) is 4. The molecule has 1 N–H and O–H groups in total. The fourth-order valence-corrected chi connectivity index (χ4v) is 4.49. The van der Waals surface area contributed by atoms with Crippen LogP contribution >= 0.6 is 15.9 Å². The van der Waals surface area contributed by atoms with Gasteiger partial charge in [-0.05, 0) is 69.8 Å². The van der Waals surface area contributed by atoms with E-state index in [0.29, 0.717) is 11.6 Å². The van der Waals surface area contributed by atoms with Crippen molar-refractivity contribution in [2.75, 3.05) is 25.0 Å². The molecule has 0 atom stereocenters. The first-order chi connectivity index (χ1) is 13.0. The summed E-state index contributed by atoms with van der Waals surface area (Å²) in [5, 5.41) is 4.72. The van der Waals surface area contributed by atoms with Crippen LogP contribution in [0.4, 0.5) is 5.69 Å². The number of carbonyl (C=O) groups is 1. The lowest BCUT2D eigenvalue weighted by atomic mass is 9.85. The summed E-state index contributed by atoms with van der Waals surface area (Å²) in [6, 6.07) is 6.46. The number of Topliss-reactive ketones (excluding diaryl/α,β-unsaturated/α-hetero) is 1. The molecule has 2 aromatic rings. The minimum Gasteiger partial charge on any atom is -0.381 e. The summed E-state index contributed by atoms with van der Waals surface area (Å²) in [5.41, 5.74) is 2.55. The van der Waals surface area contributed by atoms with E-state index in [1.165, 1.54) is 19.4 Å². The van der Waals surface area contributed by atoms with Crippen LogP contribution < -0.4 is 5.32 Å². The molecule has 1 heterocycles. The maximum absolute atomic E-state index is 12.2. The fourth-order valence-electron chi connectivity index (χ4n) is 4.13. The van der Waals surface area contributed by atoms with E-state index in [9.17, 15) is 4.79 Å². The summed E-state index contributed by atoms with van der Waals surface area (Å²) < 4.78 is 1.00. The van der Waals surface area contributed by atoms with Crippen LogP contribution in [0.2, 0.25) is 0 Å². The molecule has 3 rings (SSSR count). The summed E-state index contributed by atoms with van der Waals surface area (Å²) >= 11 is 3.55. The van der Waals surface area contributed by atoms with Crippen LogP contribution in [0.25, 0.3) is 10.9 Å². The second-order valence-electron chi connectivity index (χ2n) is 7.61. The number of nitrogens with zero attached hydrogens (tertiary/aromatic N) is 2. The number of fused-ring (bicyclic) bond motifs is 1. The predicted octanol–water partition coefficient (Wildman–Crippen LogP) is 5.51. The Morgan fingerprint density at radius 3 is 2.56 bits per heavy atom. The Morgan fingerprint density at radius 2 is 1.93 bits per heavy atom. The monoisotopic (exact) mass is 431 g/mol. The third-order valence-electron chi connectivity index (χ3n) is 5.82. The van der Waals surface area contributed by atoms with Gasteiger partial charge in [-0.2, -0.15) is 0 Å². The quantitative estimate of drug-likeness (QED) is 0.586. The van der Waals surface area contributed by atoms with Crippen molar-refractivity contribution < 1.29 is 4.79 Å². The van der Waals surface area contributed by atoms with Gasteiger partial charge < -0.3 is 10.2 Å². The molecule has 1 saturated carbocycles. The summed E-state index contributed by atoms with van der Waals surface area (Å²) in [5.74, 6) is 0.848. The van der Waals surface area contributed by atoms with Gasteiger partial charge in [0.15, 0.2) is 5.78 Å². The minimum atomic E-state index is 0.0575. The summed E-state index contributed by atoms with van der Waals surface area (Å²) in [6.45, 7) is 9.58. The van der Waals surface area contributed by atoms with E-state index in [0.717, 1.165) is 52.9 Å². The highest BCUT2D eigenvalue weighted by Crippen LogP contribution is 2.33. The van der Waals surface area contributed by atoms with Crippen molar-refractivity contribution in [2.45, 2.75) is 52.5 Å². The largest absolute Gasteiger partial charge is 0.381 e. The molecule has 1 aliphatic rings. The highest BCUT2D eigenvalue weighted by molar-refractivity contribution is 9.10. The molecule has 1 aromatic heterocycles. The van der Waals surface area contributed by atoms with E-state index in [1.807, 2.05) is 12.1 Å². The van der Waals surface area contributed by atoms with Crippen molar-refractivity contribution in [3.8, 4) is 0 Å². The number of rotatable bonds is 7. The lowest BCUT2D eigenvalue weighted by molar-refractivity contribution is 0.101. The molecule has 0 bridgehead atoms. The highest BCUT2D eigenvalue weighted by Gasteiger charge is 2.24. The lowest BCUT2D eigenvalue weighted by Gasteiger charge is -2.33. The number of ketones is 1. The number of pyridine rings is 1. The molecule has 4 nitrogen and oxygen atoms in total. The highest BCUT2D eigenvalue weighted by atomic mass is 79.9. The van der Waals surface area contributed by atoms with Gasteiger partial charge in [-0.15, -0.1) is 0 Å². The molecule has 0 aliphatic heterocycles. The number of benzene rings is 1. The van der Waals surface area contributed by atoms with Gasteiger partial charge in [0.25, 0.3) is 0 Å². The number of carbonyl (C=O) groups excluding carboxylic acids is 1. The van der Waals surface area contributed by atoms with Gasteiger partial charge in [0.05, 0.1) is 16.8 Å². The third kappa shape index (κ3) is 4.88. The average Bonchev–Trinajstić information content (AvgIpc) is 2.67. The van der Waals surface area contributed by atoms with Crippen LogP contribution in [0, 0.1) is 5.92 Å². The van der Waals surface area contributed by atoms with Gasteiger partial charge in [0.1, 0.15) is 0 Å². The molecule has 0 amide bonds. The topological polar surface area (TPSA) is 45.2 Å². The van der Waals surface area contributed by atoms with E-state index in [4.69, 9.17) is 0 Å².